The first kappa shape index (κ1) is 22.6. The highest BCUT2D eigenvalue weighted by Gasteiger charge is 2.24. The molecular weight excluding hydrogens is 464 g/mol. The summed E-state index contributed by atoms with van der Waals surface area (Å²) in [4.78, 5) is 29.8. The van der Waals surface area contributed by atoms with Crippen molar-refractivity contribution >= 4 is 57.2 Å². The monoisotopic (exact) mass is 488 g/mol. The zero-order chi connectivity index (χ0) is 22.2. The van der Waals surface area contributed by atoms with Crippen LogP contribution in [0.25, 0.3) is 0 Å². The number of urea groups is 1. The number of nitrogens with zero attached hydrogens (tertiary/aromatic N) is 4. The summed E-state index contributed by atoms with van der Waals surface area (Å²) < 4.78 is 0.776. The maximum Gasteiger partial charge on any atom is 0.321 e. The number of carbonyl (C=O) groups excluding carboxylic acids is 2. The third kappa shape index (κ3) is 6.44. The molecule has 1 aromatic carbocycles. The maximum atomic E-state index is 12.6. The maximum absolute atomic E-state index is 12.6. The van der Waals surface area contributed by atoms with E-state index in [1.807, 2.05) is 30.3 Å². The Bertz CT molecular complexity index is 1000. The Morgan fingerprint density at radius 2 is 1.78 bits per heavy atom. The van der Waals surface area contributed by atoms with Crippen molar-refractivity contribution in [3.05, 3.63) is 52.7 Å². The molecule has 0 radical (unpaired) electrons. The minimum atomic E-state index is -0.134. The number of nitrogens with one attached hydrogen (secondary N) is 2. The summed E-state index contributed by atoms with van der Waals surface area (Å²) in [6.45, 7) is 2.92. The minimum Gasteiger partial charge on any atom is -0.360 e. The van der Waals surface area contributed by atoms with E-state index in [4.69, 9.17) is 0 Å². The van der Waals surface area contributed by atoms with Gasteiger partial charge in [-0.2, -0.15) is 0 Å². The third-order valence-corrected chi connectivity index (χ3v) is 7.83. The second kappa shape index (κ2) is 11.3. The summed E-state index contributed by atoms with van der Waals surface area (Å²) in [5, 5.41) is 17.3. The van der Waals surface area contributed by atoms with Crippen molar-refractivity contribution in [1.29, 1.82) is 0 Å². The molecule has 0 saturated carbocycles. The van der Waals surface area contributed by atoms with Gasteiger partial charge >= 0.3 is 6.03 Å². The van der Waals surface area contributed by atoms with Gasteiger partial charge in [-0.1, -0.05) is 47.4 Å². The molecule has 0 atom stereocenters. The van der Waals surface area contributed by atoms with E-state index in [0.717, 1.165) is 28.1 Å². The van der Waals surface area contributed by atoms with Crippen LogP contribution in [0.2, 0.25) is 0 Å². The molecule has 3 amide bonds. The van der Waals surface area contributed by atoms with Crippen molar-refractivity contribution in [2.75, 3.05) is 49.1 Å². The Morgan fingerprint density at radius 1 is 1.00 bits per heavy atom. The highest BCUT2D eigenvalue weighted by Crippen LogP contribution is 2.26. The van der Waals surface area contributed by atoms with E-state index < -0.39 is 0 Å². The summed E-state index contributed by atoms with van der Waals surface area (Å²) in [6, 6.07) is 13.4. The van der Waals surface area contributed by atoms with Crippen LogP contribution in [0, 0.1) is 0 Å². The molecule has 8 nitrogen and oxygen atoms in total. The molecule has 4 rings (SSSR count). The van der Waals surface area contributed by atoms with Gasteiger partial charge < -0.3 is 20.4 Å². The van der Waals surface area contributed by atoms with Crippen molar-refractivity contribution in [2.24, 2.45) is 0 Å². The highest BCUT2D eigenvalue weighted by molar-refractivity contribution is 8.01. The molecule has 3 aromatic rings. The number of thioether (sulfide) groups is 1. The molecule has 0 unspecified atom stereocenters. The number of aromatic nitrogens is 2. The van der Waals surface area contributed by atoms with E-state index >= 15 is 0 Å². The van der Waals surface area contributed by atoms with E-state index in [-0.39, 0.29) is 11.9 Å². The number of piperazine rings is 1. The molecule has 168 valence electrons. The van der Waals surface area contributed by atoms with Crippen LogP contribution in [-0.4, -0.2) is 70.4 Å². The van der Waals surface area contributed by atoms with Crippen LogP contribution in [-0.2, 0) is 11.2 Å². The number of amides is 3. The van der Waals surface area contributed by atoms with Gasteiger partial charge in [0, 0.05) is 43.3 Å². The molecule has 2 N–H and O–H groups in total. The zero-order valence-electron chi connectivity index (χ0n) is 17.4. The summed E-state index contributed by atoms with van der Waals surface area (Å²) in [5.41, 5.74) is 0.768. The highest BCUT2D eigenvalue weighted by atomic mass is 32.2. The van der Waals surface area contributed by atoms with Crippen LogP contribution >= 0.6 is 34.4 Å². The van der Waals surface area contributed by atoms with Gasteiger partial charge in [0.15, 0.2) is 4.34 Å². The van der Waals surface area contributed by atoms with E-state index in [1.165, 1.54) is 28.0 Å². The van der Waals surface area contributed by atoms with E-state index in [9.17, 15) is 9.59 Å². The van der Waals surface area contributed by atoms with Crippen molar-refractivity contribution in [2.45, 2.75) is 10.8 Å². The standard InChI is InChI=1S/C21H24N6O2S3/c28-18(15-31-21-25-24-19(32-21)22-9-8-17-7-4-14-30-17)26-10-12-27(13-11-26)20(29)23-16-5-2-1-3-6-16/h1-7,14H,8-13,15H2,(H,22,24)(H,23,29). The minimum absolute atomic E-state index is 0.0560. The number of hydrogen-bond donors (Lipinski definition) is 2. The van der Waals surface area contributed by atoms with Gasteiger partial charge in [0.1, 0.15) is 0 Å². The third-order valence-electron chi connectivity index (χ3n) is 4.90. The van der Waals surface area contributed by atoms with Gasteiger partial charge in [-0.3, -0.25) is 4.79 Å². The van der Waals surface area contributed by atoms with Crippen LogP contribution in [0.3, 0.4) is 0 Å². The topological polar surface area (TPSA) is 90.5 Å². The van der Waals surface area contributed by atoms with Crippen LogP contribution in [0.15, 0.2) is 52.2 Å². The Balaban J connectivity index is 1.15. The first-order valence-corrected chi connectivity index (χ1v) is 13.0. The molecule has 2 aromatic heterocycles. The molecule has 1 fully saturated rings. The number of carbonyl (C=O) groups is 2. The number of thiophene rings is 1. The molecule has 11 heteroatoms. The number of rotatable bonds is 8. The largest absolute Gasteiger partial charge is 0.360 e. The first-order chi connectivity index (χ1) is 15.7. The van der Waals surface area contributed by atoms with Crippen LogP contribution in [0.1, 0.15) is 4.88 Å². The van der Waals surface area contributed by atoms with E-state index in [2.05, 4.69) is 38.3 Å². The predicted molar refractivity (Wildman–Crippen MR) is 131 cm³/mol. The number of benzene rings is 1. The average molecular weight is 489 g/mol. The molecule has 0 aliphatic carbocycles. The summed E-state index contributed by atoms with van der Waals surface area (Å²) in [7, 11) is 0. The average Bonchev–Trinajstić information content (AvgIpc) is 3.51. The molecule has 3 heterocycles. The lowest BCUT2D eigenvalue weighted by molar-refractivity contribution is -0.129. The fraction of sp³-hybridized carbons (Fsp3) is 0.333. The smallest absolute Gasteiger partial charge is 0.321 e. The molecule has 1 aliphatic heterocycles. The Hall–Kier alpha value is -2.63. The first-order valence-electron chi connectivity index (χ1n) is 10.3. The lowest BCUT2D eigenvalue weighted by Gasteiger charge is -2.34. The van der Waals surface area contributed by atoms with Gasteiger partial charge in [0.25, 0.3) is 0 Å². The summed E-state index contributed by atoms with van der Waals surface area (Å²) >= 11 is 4.62. The summed E-state index contributed by atoms with van der Waals surface area (Å²) in [6.07, 6.45) is 0.952. The van der Waals surface area contributed by atoms with Gasteiger partial charge in [0.2, 0.25) is 11.0 Å². The van der Waals surface area contributed by atoms with Gasteiger partial charge in [-0.15, -0.1) is 21.5 Å². The van der Waals surface area contributed by atoms with Crippen molar-refractivity contribution < 1.29 is 9.59 Å². The molecule has 1 saturated heterocycles. The van der Waals surface area contributed by atoms with E-state index in [0.29, 0.717) is 31.9 Å². The lowest BCUT2D eigenvalue weighted by atomic mass is 10.3. The molecule has 32 heavy (non-hydrogen) atoms. The molecule has 1 aliphatic rings. The Kier molecular flexibility index (Phi) is 7.97. The van der Waals surface area contributed by atoms with Crippen molar-refractivity contribution in [1.82, 2.24) is 20.0 Å². The van der Waals surface area contributed by atoms with Crippen molar-refractivity contribution in [3.63, 3.8) is 0 Å². The van der Waals surface area contributed by atoms with Gasteiger partial charge in [-0.25, -0.2) is 4.79 Å². The zero-order valence-corrected chi connectivity index (χ0v) is 19.8. The predicted octanol–water partition coefficient (Wildman–Crippen LogP) is 3.72. The number of anilines is 2. The Morgan fingerprint density at radius 3 is 2.53 bits per heavy atom. The lowest BCUT2D eigenvalue weighted by Crippen LogP contribution is -2.52. The summed E-state index contributed by atoms with van der Waals surface area (Å²) in [5.74, 6) is 0.376. The van der Waals surface area contributed by atoms with Crippen molar-refractivity contribution in [3.8, 4) is 0 Å². The van der Waals surface area contributed by atoms with Crippen LogP contribution < -0.4 is 10.6 Å². The normalized spacial score (nSPS) is 13.8. The molecule has 0 bridgehead atoms. The van der Waals surface area contributed by atoms with Crippen LogP contribution in [0.4, 0.5) is 15.6 Å². The Labute approximate surface area is 199 Å². The molecular formula is C21H24N6O2S3. The number of para-hydroxylation sites is 1. The quantitative estimate of drug-likeness (QED) is 0.470. The van der Waals surface area contributed by atoms with Gasteiger partial charge in [0.05, 0.1) is 5.75 Å². The van der Waals surface area contributed by atoms with E-state index in [1.54, 1.807) is 21.1 Å². The SMILES string of the molecule is O=C(CSc1nnc(NCCc2cccs2)s1)N1CCN(C(=O)Nc2ccccc2)CC1. The fourth-order valence-corrected chi connectivity index (χ4v) is 5.57. The van der Waals surface area contributed by atoms with Crippen LogP contribution in [0.5, 0.6) is 0 Å². The second-order valence-electron chi connectivity index (χ2n) is 7.08. The van der Waals surface area contributed by atoms with Gasteiger partial charge in [-0.05, 0) is 30.0 Å². The number of hydrogen-bond acceptors (Lipinski definition) is 8. The molecule has 0 spiro atoms. The fourth-order valence-electron chi connectivity index (χ4n) is 3.18. The second-order valence-corrected chi connectivity index (χ2v) is 10.3.